The number of nitrogens with one attached hydrogen (secondary N) is 1. The number of hydrogen-bond donors (Lipinski definition) is 1. The summed E-state index contributed by atoms with van der Waals surface area (Å²) in [7, 11) is 1.33. The molecular formula is C17H23NO4. The van der Waals surface area contributed by atoms with E-state index in [1.165, 1.54) is 7.11 Å². The Morgan fingerprint density at radius 3 is 2.45 bits per heavy atom. The lowest BCUT2D eigenvalue weighted by Crippen LogP contribution is -2.52. The topological polar surface area (TPSA) is 68.5 Å². The van der Waals surface area contributed by atoms with Gasteiger partial charge in [-0.2, -0.15) is 0 Å². The van der Waals surface area contributed by atoms with Crippen molar-refractivity contribution < 1.29 is 18.7 Å². The standard InChI is InChI=1S/C17H23NO4/c1-4-17(2,16(20)21-3)18-15(19)12-9-13(10-5-6-10)22-14(12)11-7-8-11/h9-11H,4-8H2,1-3H3,(H,18,19). The number of furan rings is 1. The third kappa shape index (κ3) is 2.76. The SMILES string of the molecule is CCC(C)(NC(=O)c1cc(C2CC2)oc1C1CC1)C(=O)OC. The number of amides is 1. The Bertz CT molecular complexity index is 598. The van der Waals surface area contributed by atoms with Gasteiger partial charge in [0, 0.05) is 11.8 Å². The predicted octanol–water partition coefficient (Wildman–Crippen LogP) is 3.11. The summed E-state index contributed by atoms with van der Waals surface area (Å²) in [5, 5.41) is 2.83. The van der Waals surface area contributed by atoms with Crippen LogP contribution in [0.5, 0.6) is 0 Å². The van der Waals surface area contributed by atoms with Crippen LogP contribution in [-0.2, 0) is 9.53 Å². The van der Waals surface area contributed by atoms with E-state index in [0.29, 0.717) is 23.8 Å². The first-order valence-electron chi connectivity index (χ1n) is 8.03. The number of hydrogen-bond acceptors (Lipinski definition) is 4. The molecule has 22 heavy (non-hydrogen) atoms. The summed E-state index contributed by atoms with van der Waals surface area (Å²) in [6, 6.07) is 1.87. The average molecular weight is 305 g/mol. The lowest BCUT2D eigenvalue weighted by molar-refractivity contribution is -0.147. The van der Waals surface area contributed by atoms with E-state index in [4.69, 9.17) is 9.15 Å². The Balaban J connectivity index is 1.83. The molecule has 1 atom stereocenters. The second-order valence-electron chi connectivity index (χ2n) is 6.61. The Kier molecular flexibility index (Phi) is 3.75. The maximum atomic E-state index is 12.7. The number of ether oxygens (including phenoxy) is 1. The first-order chi connectivity index (χ1) is 10.5. The smallest absolute Gasteiger partial charge is 0.331 e. The van der Waals surface area contributed by atoms with E-state index >= 15 is 0 Å². The van der Waals surface area contributed by atoms with E-state index < -0.39 is 11.5 Å². The summed E-state index contributed by atoms with van der Waals surface area (Å²) in [6.45, 7) is 3.54. The fourth-order valence-electron chi connectivity index (χ4n) is 2.65. The van der Waals surface area contributed by atoms with E-state index in [2.05, 4.69) is 5.32 Å². The molecule has 0 aliphatic heterocycles. The minimum absolute atomic E-state index is 0.243. The van der Waals surface area contributed by atoms with Gasteiger partial charge in [0.15, 0.2) is 0 Å². The van der Waals surface area contributed by atoms with Crippen molar-refractivity contribution in [3.05, 3.63) is 23.2 Å². The van der Waals surface area contributed by atoms with Gasteiger partial charge < -0.3 is 14.5 Å². The summed E-state index contributed by atoms with van der Waals surface area (Å²) < 4.78 is 10.8. The Morgan fingerprint density at radius 2 is 1.95 bits per heavy atom. The van der Waals surface area contributed by atoms with Gasteiger partial charge in [0.25, 0.3) is 5.91 Å². The van der Waals surface area contributed by atoms with Crippen LogP contribution in [0.1, 0.15) is 79.7 Å². The van der Waals surface area contributed by atoms with E-state index in [9.17, 15) is 9.59 Å². The molecule has 1 aromatic heterocycles. The van der Waals surface area contributed by atoms with E-state index in [0.717, 1.165) is 37.2 Å². The van der Waals surface area contributed by atoms with Crippen LogP contribution in [0.2, 0.25) is 0 Å². The summed E-state index contributed by atoms with van der Waals surface area (Å²) in [4.78, 5) is 24.6. The summed E-state index contributed by atoms with van der Waals surface area (Å²) >= 11 is 0. The Hall–Kier alpha value is -1.78. The highest BCUT2D eigenvalue weighted by molar-refractivity contribution is 5.99. The second-order valence-corrected chi connectivity index (χ2v) is 6.61. The quantitative estimate of drug-likeness (QED) is 0.820. The highest BCUT2D eigenvalue weighted by Gasteiger charge is 2.39. The lowest BCUT2D eigenvalue weighted by atomic mass is 9.98. The van der Waals surface area contributed by atoms with Crippen LogP contribution in [0.3, 0.4) is 0 Å². The van der Waals surface area contributed by atoms with Crippen LogP contribution in [-0.4, -0.2) is 24.5 Å². The molecule has 1 N–H and O–H groups in total. The van der Waals surface area contributed by atoms with Crippen molar-refractivity contribution in [2.45, 2.75) is 63.3 Å². The molecule has 0 spiro atoms. The van der Waals surface area contributed by atoms with Crippen molar-refractivity contribution in [1.82, 2.24) is 5.32 Å². The number of rotatable bonds is 6. The molecule has 2 fully saturated rings. The summed E-state index contributed by atoms with van der Waals surface area (Å²) in [5.41, 5.74) is -0.420. The van der Waals surface area contributed by atoms with Crippen LogP contribution in [0.25, 0.3) is 0 Å². The molecule has 0 radical (unpaired) electrons. The average Bonchev–Trinajstić information content (AvgIpc) is 3.44. The van der Waals surface area contributed by atoms with Crippen LogP contribution in [0.15, 0.2) is 10.5 Å². The van der Waals surface area contributed by atoms with Gasteiger partial charge in [-0.1, -0.05) is 6.92 Å². The van der Waals surface area contributed by atoms with Gasteiger partial charge in [-0.25, -0.2) is 4.79 Å². The summed E-state index contributed by atoms with van der Waals surface area (Å²) in [5.74, 6) is 1.87. The minimum atomic E-state index is -1.01. The molecule has 0 aromatic carbocycles. The number of methoxy groups -OCH3 is 1. The maximum absolute atomic E-state index is 12.7. The van der Waals surface area contributed by atoms with E-state index in [1.807, 2.05) is 13.0 Å². The Labute approximate surface area is 130 Å². The number of esters is 1. The molecular weight excluding hydrogens is 282 g/mol. The predicted molar refractivity (Wildman–Crippen MR) is 80.8 cm³/mol. The fraction of sp³-hybridized carbons (Fsp3) is 0.647. The molecule has 1 aromatic rings. The van der Waals surface area contributed by atoms with Crippen molar-refractivity contribution in [3.63, 3.8) is 0 Å². The lowest BCUT2D eigenvalue weighted by Gasteiger charge is -2.26. The molecule has 0 saturated heterocycles. The first-order valence-corrected chi connectivity index (χ1v) is 8.03. The van der Waals surface area contributed by atoms with Gasteiger partial charge in [-0.3, -0.25) is 4.79 Å². The molecule has 5 heteroatoms. The largest absolute Gasteiger partial charge is 0.467 e. The molecule has 2 aliphatic carbocycles. The monoisotopic (exact) mass is 305 g/mol. The molecule has 0 bridgehead atoms. The zero-order valence-electron chi connectivity index (χ0n) is 13.4. The first kappa shape index (κ1) is 15.1. The van der Waals surface area contributed by atoms with Crippen molar-refractivity contribution in [3.8, 4) is 0 Å². The third-order valence-electron chi connectivity index (χ3n) is 4.68. The normalized spacial score (nSPS) is 20.3. The van der Waals surface area contributed by atoms with Crippen molar-refractivity contribution in [2.75, 3.05) is 7.11 Å². The highest BCUT2D eigenvalue weighted by atomic mass is 16.5. The maximum Gasteiger partial charge on any atom is 0.331 e. The molecule has 1 amide bonds. The van der Waals surface area contributed by atoms with Crippen LogP contribution < -0.4 is 5.32 Å². The number of carbonyl (C=O) groups is 2. The molecule has 1 heterocycles. The minimum Gasteiger partial charge on any atom is -0.467 e. The van der Waals surface area contributed by atoms with Crippen molar-refractivity contribution in [1.29, 1.82) is 0 Å². The third-order valence-corrected chi connectivity index (χ3v) is 4.68. The molecule has 5 nitrogen and oxygen atoms in total. The molecule has 120 valence electrons. The zero-order chi connectivity index (χ0) is 15.9. The molecule has 3 rings (SSSR count). The van der Waals surface area contributed by atoms with Gasteiger partial charge in [0.1, 0.15) is 17.1 Å². The summed E-state index contributed by atoms with van der Waals surface area (Å²) in [6.07, 6.45) is 4.87. The van der Waals surface area contributed by atoms with Crippen molar-refractivity contribution >= 4 is 11.9 Å². The second kappa shape index (κ2) is 5.45. The zero-order valence-corrected chi connectivity index (χ0v) is 13.4. The van der Waals surface area contributed by atoms with Gasteiger partial charge in [0.2, 0.25) is 0 Å². The number of carbonyl (C=O) groups excluding carboxylic acids is 2. The van der Waals surface area contributed by atoms with Crippen molar-refractivity contribution in [2.24, 2.45) is 0 Å². The molecule has 1 unspecified atom stereocenters. The van der Waals surface area contributed by atoms with Crippen LogP contribution >= 0.6 is 0 Å². The van der Waals surface area contributed by atoms with Gasteiger partial charge in [0.05, 0.1) is 12.7 Å². The Morgan fingerprint density at radius 1 is 1.32 bits per heavy atom. The highest BCUT2D eigenvalue weighted by Crippen LogP contribution is 2.47. The van der Waals surface area contributed by atoms with Crippen LogP contribution in [0.4, 0.5) is 0 Å². The molecule has 2 saturated carbocycles. The van der Waals surface area contributed by atoms with Gasteiger partial charge in [-0.15, -0.1) is 0 Å². The van der Waals surface area contributed by atoms with Gasteiger partial charge in [-0.05, 0) is 45.1 Å². The molecule has 2 aliphatic rings. The van der Waals surface area contributed by atoms with E-state index in [-0.39, 0.29) is 5.91 Å². The van der Waals surface area contributed by atoms with Gasteiger partial charge >= 0.3 is 5.97 Å². The van der Waals surface area contributed by atoms with Crippen LogP contribution in [0, 0.1) is 0 Å². The van der Waals surface area contributed by atoms with E-state index in [1.54, 1.807) is 6.92 Å². The fourth-order valence-corrected chi connectivity index (χ4v) is 2.65.